The maximum atomic E-state index is 12.1. The summed E-state index contributed by atoms with van der Waals surface area (Å²) in [6.07, 6.45) is 6.26. The van der Waals surface area contributed by atoms with Crippen molar-refractivity contribution in [1.29, 1.82) is 0 Å². The summed E-state index contributed by atoms with van der Waals surface area (Å²) in [4.78, 5) is 24.3. The number of anilines is 2. The molecule has 7 heteroatoms. The molecule has 1 aromatic carbocycles. The molecule has 0 unspecified atom stereocenters. The number of carbonyl (C=O) groups excluding carboxylic acids is 1. The van der Waals surface area contributed by atoms with Gasteiger partial charge in [0, 0.05) is 18.9 Å². The highest BCUT2D eigenvalue weighted by Crippen LogP contribution is 2.23. The third-order valence-electron chi connectivity index (χ3n) is 3.22. The lowest BCUT2D eigenvalue weighted by atomic mass is 10.2. The molecule has 1 amide bonds. The number of benzene rings is 1. The van der Waals surface area contributed by atoms with Gasteiger partial charge in [-0.25, -0.2) is 9.97 Å². The molecule has 2 heterocycles. The zero-order chi connectivity index (χ0) is 16.8. The average Bonchev–Trinajstić information content (AvgIpc) is 2.63. The Morgan fingerprint density at radius 1 is 1.04 bits per heavy atom. The van der Waals surface area contributed by atoms with Gasteiger partial charge in [-0.1, -0.05) is 23.7 Å². The predicted molar refractivity (Wildman–Crippen MR) is 92.2 cm³/mol. The second-order valence-electron chi connectivity index (χ2n) is 4.93. The van der Waals surface area contributed by atoms with E-state index in [1.807, 2.05) is 30.3 Å². The summed E-state index contributed by atoms with van der Waals surface area (Å²) in [6.45, 7) is 0.405. The van der Waals surface area contributed by atoms with E-state index >= 15 is 0 Å². The summed E-state index contributed by atoms with van der Waals surface area (Å²) in [6, 6.07) is 11.0. The minimum absolute atomic E-state index is 0.244. The smallest absolute Gasteiger partial charge is 0.271 e. The number of pyridine rings is 1. The van der Waals surface area contributed by atoms with Gasteiger partial charge in [0.25, 0.3) is 5.91 Å². The minimum atomic E-state index is -0.288. The third kappa shape index (κ3) is 4.05. The fourth-order valence-corrected chi connectivity index (χ4v) is 2.17. The van der Waals surface area contributed by atoms with Crippen LogP contribution in [-0.2, 0) is 6.54 Å². The molecule has 3 aromatic rings. The average molecular weight is 340 g/mol. The topological polar surface area (TPSA) is 79.8 Å². The number of hydrogen-bond acceptors (Lipinski definition) is 5. The summed E-state index contributed by atoms with van der Waals surface area (Å²) in [5.41, 5.74) is 1.93. The van der Waals surface area contributed by atoms with Gasteiger partial charge in [0.15, 0.2) is 0 Å². The van der Waals surface area contributed by atoms with E-state index in [-0.39, 0.29) is 11.6 Å². The van der Waals surface area contributed by atoms with Crippen LogP contribution in [0.25, 0.3) is 0 Å². The van der Waals surface area contributed by atoms with Crippen molar-refractivity contribution in [3.63, 3.8) is 0 Å². The van der Waals surface area contributed by atoms with E-state index in [9.17, 15) is 4.79 Å². The minimum Gasteiger partial charge on any atom is -0.347 e. The quantitative estimate of drug-likeness (QED) is 0.746. The van der Waals surface area contributed by atoms with Gasteiger partial charge < -0.3 is 10.6 Å². The van der Waals surface area contributed by atoms with E-state index in [2.05, 4.69) is 25.6 Å². The number of nitrogens with one attached hydrogen (secondary N) is 2. The van der Waals surface area contributed by atoms with Crippen LogP contribution in [0.4, 0.5) is 11.5 Å². The van der Waals surface area contributed by atoms with Crippen molar-refractivity contribution in [2.75, 3.05) is 5.32 Å². The second-order valence-corrected chi connectivity index (χ2v) is 5.34. The first kappa shape index (κ1) is 15.9. The number of hydrogen-bond donors (Lipinski definition) is 2. The Morgan fingerprint density at radius 2 is 1.83 bits per heavy atom. The van der Waals surface area contributed by atoms with Gasteiger partial charge in [0.1, 0.15) is 11.5 Å². The lowest BCUT2D eigenvalue weighted by Gasteiger charge is -2.08. The maximum Gasteiger partial charge on any atom is 0.271 e. The Bertz CT molecular complexity index is 824. The Morgan fingerprint density at radius 3 is 2.54 bits per heavy atom. The Balaban J connectivity index is 1.61. The number of para-hydroxylation sites is 1. The largest absolute Gasteiger partial charge is 0.347 e. The molecule has 0 radical (unpaired) electrons. The van der Waals surface area contributed by atoms with Gasteiger partial charge in [0.2, 0.25) is 0 Å². The predicted octanol–water partition coefficient (Wildman–Crippen LogP) is 3.20. The number of halogens is 1. The Kier molecular flexibility index (Phi) is 4.98. The van der Waals surface area contributed by atoms with Gasteiger partial charge in [-0.3, -0.25) is 9.78 Å². The molecule has 0 aliphatic heterocycles. The van der Waals surface area contributed by atoms with Crippen molar-refractivity contribution in [2.45, 2.75) is 6.54 Å². The first-order chi connectivity index (χ1) is 11.7. The van der Waals surface area contributed by atoms with Crippen LogP contribution in [0.2, 0.25) is 5.02 Å². The fourth-order valence-electron chi connectivity index (χ4n) is 1.98. The van der Waals surface area contributed by atoms with E-state index in [4.69, 9.17) is 11.6 Å². The summed E-state index contributed by atoms with van der Waals surface area (Å²) in [7, 11) is 0. The summed E-state index contributed by atoms with van der Waals surface area (Å²) in [5, 5.41) is 6.42. The third-order valence-corrected chi connectivity index (χ3v) is 3.55. The van der Waals surface area contributed by atoms with Crippen molar-refractivity contribution in [3.8, 4) is 0 Å². The van der Waals surface area contributed by atoms with Crippen LogP contribution >= 0.6 is 11.6 Å². The molecule has 120 valence electrons. The second kappa shape index (κ2) is 7.52. The van der Waals surface area contributed by atoms with Crippen LogP contribution in [0.3, 0.4) is 0 Å². The molecule has 0 saturated heterocycles. The van der Waals surface area contributed by atoms with E-state index in [0.717, 1.165) is 11.3 Å². The zero-order valence-electron chi connectivity index (χ0n) is 12.6. The molecule has 0 aliphatic rings. The molecule has 0 bridgehead atoms. The SMILES string of the molecule is O=C(NCc1ccncc1)c1cnc(Nc2ccccc2Cl)cn1. The first-order valence-electron chi connectivity index (χ1n) is 7.23. The van der Waals surface area contributed by atoms with E-state index in [1.165, 1.54) is 12.4 Å². The molecule has 0 aliphatic carbocycles. The normalized spacial score (nSPS) is 10.2. The number of rotatable bonds is 5. The van der Waals surface area contributed by atoms with Crippen LogP contribution in [-0.4, -0.2) is 20.9 Å². The van der Waals surface area contributed by atoms with Crippen molar-refractivity contribution in [2.24, 2.45) is 0 Å². The summed E-state index contributed by atoms with van der Waals surface area (Å²) >= 11 is 6.08. The Hall–Kier alpha value is -2.99. The fraction of sp³-hybridized carbons (Fsp3) is 0.0588. The molecule has 6 nitrogen and oxygen atoms in total. The molecule has 2 aromatic heterocycles. The van der Waals surface area contributed by atoms with Gasteiger partial charge in [-0.05, 0) is 29.8 Å². The highest BCUT2D eigenvalue weighted by atomic mass is 35.5. The van der Waals surface area contributed by atoms with E-state index in [0.29, 0.717) is 17.4 Å². The van der Waals surface area contributed by atoms with Gasteiger partial charge in [-0.2, -0.15) is 0 Å². The molecule has 0 saturated carbocycles. The van der Waals surface area contributed by atoms with E-state index in [1.54, 1.807) is 18.5 Å². The monoisotopic (exact) mass is 339 g/mol. The summed E-state index contributed by atoms with van der Waals surface area (Å²) < 4.78 is 0. The van der Waals surface area contributed by atoms with Crippen molar-refractivity contribution < 1.29 is 4.79 Å². The van der Waals surface area contributed by atoms with Crippen LogP contribution in [0.15, 0.2) is 61.2 Å². The standard InChI is InChI=1S/C17H14ClN5O/c18-13-3-1-2-4-14(13)23-16-11-20-15(10-21-16)17(24)22-9-12-5-7-19-8-6-12/h1-8,10-11H,9H2,(H,21,23)(H,22,24). The maximum absolute atomic E-state index is 12.1. The number of nitrogens with zero attached hydrogens (tertiary/aromatic N) is 3. The van der Waals surface area contributed by atoms with Gasteiger partial charge in [-0.15, -0.1) is 0 Å². The number of aromatic nitrogens is 3. The Labute approximate surface area is 143 Å². The van der Waals surface area contributed by atoms with Crippen LogP contribution < -0.4 is 10.6 Å². The highest BCUT2D eigenvalue weighted by molar-refractivity contribution is 6.33. The molecule has 0 fully saturated rings. The van der Waals surface area contributed by atoms with Crippen molar-refractivity contribution >= 4 is 29.0 Å². The van der Waals surface area contributed by atoms with E-state index < -0.39 is 0 Å². The lowest BCUT2D eigenvalue weighted by Crippen LogP contribution is -2.24. The van der Waals surface area contributed by atoms with Gasteiger partial charge in [0.05, 0.1) is 23.1 Å². The van der Waals surface area contributed by atoms with Crippen molar-refractivity contribution in [1.82, 2.24) is 20.3 Å². The zero-order valence-corrected chi connectivity index (χ0v) is 13.4. The number of carbonyl (C=O) groups is 1. The molecule has 2 N–H and O–H groups in total. The molecular formula is C17H14ClN5O. The van der Waals surface area contributed by atoms with Crippen LogP contribution in [0.1, 0.15) is 16.1 Å². The van der Waals surface area contributed by atoms with Crippen LogP contribution in [0, 0.1) is 0 Å². The molecule has 0 spiro atoms. The molecule has 24 heavy (non-hydrogen) atoms. The van der Waals surface area contributed by atoms with Crippen LogP contribution in [0.5, 0.6) is 0 Å². The summed E-state index contributed by atoms with van der Waals surface area (Å²) in [5.74, 6) is 0.220. The highest BCUT2D eigenvalue weighted by Gasteiger charge is 2.08. The molecule has 3 rings (SSSR count). The molecular weight excluding hydrogens is 326 g/mol. The lowest BCUT2D eigenvalue weighted by molar-refractivity contribution is 0.0945. The molecule has 0 atom stereocenters. The number of amides is 1. The van der Waals surface area contributed by atoms with Crippen molar-refractivity contribution in [3.05, 3.63) is 77.5 Å². The van der Waals surface area contributed by atoms with Gasteiger partial charge >= 0.3 is 0 Å². The first-order valence-corrected chi connectivity index (χ1v) is 7.61.